The number of non-ortho nitro benzene ring substituents is 1. The summed E-state index contributed by atoms with van der Waals surface area (Å²) >= 11 is 0. The van der Waals surface area contributed by atoms with Crippen molar-refractivity contribution in [2.75, 3.05) is 5.75 Å². The minimum Gasteiger partial charge on any atom is -0.457 e. The second-order valence-corrected chi connectivity index (χ2v) is 10.7. The van der Waals surface area contributed by atoms with Gasteiger partial charge < -0.3 is 15.1 Å². The maximum absolute atomic E-state index is 13.0. The fourth-order valence-corrected chi connectivity index (χ4v) is 5.38. The molecule has 0 radical (unpaired) electrons. The van der Waals surface area contributed by atoms with E-state index in [1.807, 2.05) is 6.92 Å². The number of sulfone groups is 1. The molecular weight excluding hydrogens is 486 g/mol. The summed E-state index contributed by atoms with van der Waals surface area (Å²) in [7, 11) is -3.46. The Morgan fingerprint density at radius 2 is 1.75 bits per heavy atom. The van der Waals surface area contributed by atoms with Gasteiger partial charge in [-0.3, -0.25) is 19.7 Å². The summed E-state index contributed by atoms with van der Waals surface area (Å²) < 4.78 is 30.2. The van der Waals surface area contributed by atoms with Gasteiger partial charge in [-0.25, -0.2) is 8.42 Å². The van der Waals surface area contributed by atoms with Crippen molar-refractivity contribution in [3.05, 3.63) is 93.4 Å². The predicted octanol–water partition coefficient (Wildman–Crippen LogP) is 3.59. The van der Waals surface area contributed by atoms with E-state index in [9.17, 15) is 28.1 Å². The number of furan rings is 1. The predicted molar refractivity (Wildman–Crippen MR) is 132 cm³/mol. The number of carbonyl (C=O) groups excluding carboxylic acids is 2. The van der Waals surface area contributed by atoms with Gasteiger partial charge in [-0.1, -0.05) is 17.7 Å². The Bertz CT molecular complexity index is 1440. The molecule has 0 unspecified atom stereocenters. The summed E-state index contributed by atoms with van der Waals surface area (Å²) in [5.41, 5.74) is 1.60. The van der Waals surface area contributed by atoms with Gasteiger partial charge in [-0.2, -0.15) is 0 Å². The number of nitrogens with zero attached hydrogens (tertiary/aromatic N) is 1. The summed E-state index contributed by atoms with van der Waals surface area (Å²) in [6.45, 7) is 1.88. The van der Waals surface area contributed by atoms with Gasteiger partial charge in [0.15, 0.2) is 9.84 Å². The van der Waals surface area contributed by atoms with Gasteiger partial charge in [0, 0.05) is 29.3 Å². The first kappa shape index (κ1) is 24.9. The van der Waals surface area contributed by atoms with E-state index in [0.717, 1.165) is 5.56 Å². The van der Waals surface area contributed by atoms with Gasteiger partial charge in [0.05, 0.1) is 10.7 Å². The van der Waals surface area contributed by atoms with Crippen LogP contribution in [0.4, 0.5) is 5.69 Å². The van der Waals surface area contributed by atoms with E-state index in [-0.39, 0.29) is 29.3 Å². The molecule has 11 heteroatoms. The Kier molecular flexibility index (Phi) is 7.02. The minimum absolute atomic E-state index is 0.0104. The molecule has 36 heavy (non-hydrogen) atoms. The normalized spacial score (nSPS) is 16.9. The van der Waals surface area contributed by atoms with Crippen LogP contribution in [0.2, 0.25) is 0 Å². The molecule has 3 aromatic rings. The molecule has 10 nitrogen and oxygen atoms in total. The third kappa shape index (κ3) is 5.69. The molecule has 0 bridgehead atoms. The van der Waals surface area contributed by atoms with Crippen LogP contribution in [0.1, 0.15) is 34.5 Å². The number of amides is 2. The van der Waals surface area contributed by atoms with Crippen molar-refractivity contribution in [2.24, 2.45) is 0 Å². The number of rotatable bonds is 7. The highest BCUT2D eigenvalue weighted by molar-refractivity contribution is 7.92. The van der Waals surface area contributed by atoms with Crippen LogP contribution >= 0.6 is 0 Å². The largest absolute Gasteiger partial charge is 0.457 e. The second-order valence-electron chi connectivity index (χ2n) is 8.36. The molecule has 2 heterocycles. The molecule has 2 amide bonds. The van der Waals surface area contributed by atoms with Crippen LogP contribution in [0.15, 0.2) is 70.8 Å². The molecule has 1 aliphatic heterocycles. The molecule has 1 aliphatic rings. The number of benzene rings is 2. The molecule has 0 aliphatic carbocycles. The molecule has 1 saturated heterocycles. The molecule has 0 spiro atoms. The lowest BCUT2D eigenvalue weighted by molar-refractivity contribution is -0.384. The van der Waals surface area contributed by atoms with Gasteiger partial charge in [0.25, 0.3) is 17.5 Å². The first-order chi connectivity index (χ1) is 17.1. The van der Waals surface area contributed by atoms with Crippen molar-refractivity contribution in [2.45, 2.75) is 25.1 Å². The zero-order valence-electron chi connectivity index (χ0n) is 19.3. The van der Waals surface area contributed by atoms with Crippen molar-refractivity contribution >= 4 is 33.4 Å². The van der Waals surface area contributed by atoms with E-state index >= 15 is 0 Å². The summed E-state index contributed by atoms with van der Waals surface area (Å²) in [5, 5.41) is 14.9. The number of nitrogens with one attached hydrogen (secondary N) is 2. The molecule has 0 saturated carbocycles. The van der Waals surface area contributed by atoms with Crippen LogP contribution in [0.25, 0.3) is 17.4 Å². The maximum atomic E-state index is 13.0. The Morgan fingerprint density at radius 1 is 1.06 bits per heavy atom. The highest BCUT2D eigenvalue weighted by Gasteiger charge is 2.33. The van der Waals surface area contributed by atoms with Crippen molar-refractivity contribution in [3.8, 4) is 11.3 Å². The number of nitro groups is 1. The van der Waals surface area contributed by atoms with Crippen LogP contribution in [-0.4, -0.2) is 36.3 Å². The van der Waals surface area contributed by atoms with Gasteiger partial charge in [-0.15, -0.1) is 0 Å². The van der Waals surface area contributed by atoms with Crippen LogP contribution in [0, 0.1) is 17.0 Å². The van der Waals surface area contributed by atoms with Crippen LogP contribution in [-0.2, 0) is 14.6 Å². The molecule has 2 aromatic carbocycles. The SMILES string of the molecule is Cc1ccc(C(=O)N/C(=C\c2ccc(-c3ccc([N+](=O)[O-])cc3)o2)C(=O)N[C@@H]2CCCS2(=O)=O)cc1. The van der Waals surface area contributed by atoms with Crippen LogP contribution in [0.3, 0.4) is 0 Å². The third-order valence-corrected chi connectivity index (χ3v) is 7.78. The minimum atomic E-state index is -3.46. The lowest BCUT2D eigenvalue weighted by Crippen LogP contribution is -2.42. The smallest absolute Gasteiger partial charge is 0.269 e. The highest BCUT2D eigenvalue weighted by Crippen LogP contribution is 2.25. The Hall–Kier alpha value is -4.25. The number of hydrogen-bond donors (Lipinski definition) is 2. The fourth-order valence-electron chi connectivity index (χ4n) is 3.71. The lowest BCUT2D eigenvalue weighted by Gasteiger charge is -2.15. The van der Waals surface area contributed by atoms with E-state index < -0.39 is 31.9 Å². The number of aryl methyl sites for hydroxylation is 1. The van der Waals surface area contributed by atoms with Gasteiger partial charge in [0.2, 0.25) is 0 Å². The van der Waals surface area contributed by atoms with Gasteiger partial charge in [-0.05, 0) is 56.2 Å². The average molecular weight is 510 g/mol. The molecule has 1 fully saturated rings. The standard InChI is InChI=1S/C25H23N3O7S/c1-16-4-6-18(7-5-16)24(29)26-21(25(30)27-23-3-2-14-36(23,33)34)15-20-12-13-22(35-20)17-8-10-19(11-9-17)28(31)32/h4-13,15,23H,2-3,14H2,1H3,(H,26,29)(H,27,30)/b21-15-/t23-/m0/s1. The highest BCUT2D eigenvalue weighted by atomic mass is 32.2. The summed E-state index contributed by atoms with van der Waals surface area (Å²) in [6.07, 6.45) is 2.04. The Morgan fingerprint density at radius 3 is 2.36 bits per heavy atom. The van der Waals surface area contributed by atoms with E-state index in [1.165, 1.54) is 30.3 Å². The van der Waals surface area contributed by atoms with Crippen LogP contribution in [0.5, 0.6) is 0 Å². The average Bonchev–Trinajstić information content (AvgIpc) is 3.45. The Balaban J connectivity index is 1.61. The van der Waals surface area contributed by atoms with Crippen molar-refractivity contribution in [3.63, 3.8) is 0 Å². The van der Waals surface area contributed by atoms with E-state index in [0.29, 0.717) is 23.3 Å². The van der Waals surface area contributed by atoms with Crippen molar-refractivity contribution in [1.82, 2.24) is 10.6 Å². The molecule has 1 aromatic heterocycles. The summed E-state index contributed by atoms with van der Waals surface area (Å²) in [4.78, 5) is 36.2. The monoisotopic (exact) mass is 509 g/mol. The van der Waals surface area contributed by atoms with E-state index in [2.05, 4.69) is 10.6 Å². The third-order valence-electron chi connectivity index (χ3n) is 5.70. The first-order valence-corrected chi connectivity index (χ1v) is 12.8. The second kappa shape index (κ2) is 10.2. The zero-order chi connectivity index (χ0) is 25.9. The van der Waals surface area contributed by atoms with Crippen LogP contribution < -0.4 is 10.6 Å². The zero-order valence-corrected chi connectivity index (χ0v) is 20.1. The number of hydrogen-bond acceptors (Lipinski definition) is 7. The number of carbonyl (C=O) groups is 2. The molecular formula is C25H23N3O7S. The summed E-state index contributed by atoms with van der Waals surface area (Å²) in [6, 6.07) is 15.7. The van der Waals surface area contributed by atoms with E-state index in [1.54, 1.807) is 36.4 Å². The maximum Gasteiger partial charge on any atom is 0.269 e. The topological polar surface area (TPSA) is 149 Å². The van der Waals surface area contributed by atoms with Gasteiger partial charge in [0.1, 0.15) is 22.6 Å². The lowest BCUT2D eigenvalue weighted by atomic mass is 10.1. The quantitative estimate of drug-likeness (QED) is 0.281. The van der Waals surface area contributed by atoms with E-state index in [4.69, 9.17) is 4.42 Å². The number of nitro benzene ring substituents is 1. The van der Waals surface area contributed by atoms with Crippen molar-refractivity contribution < 1.29 is 27.3 Å². The fraction of sp³-hybridized carbons (Fsp3) is 0.200. The molecule has 1 atom stereocenters. The first-order valence-electron chi connectivity index (χ1n) is 11.1. The molecule has 2 N–H and O–H groups in total. The van der Waals surface area contributed by atoms with Gasteiger partial charge >= 0.3 is 0 Å². The molecule has 4 rings (SSSR count). The summed E-state index contributed by atoms with van der Waals surface area (Å²) in [5.74, 6) is -0.720. The Labute approximate surface area is 207 Å². The van der Waals surface area contributed by atoms with Crippen molar-refractivity contribution in [1.29, 1.82) is 0 Å². The molecule has 186 valence electrons.